The number of alkyl halides is 1. The number of anilines is 1. The lowest BCUT2D eigenvalue weighted by atomic mass is 9.85. The fourth-order valence-corrected chi connectivity index (χ4v) is 4.20. The summed E-state index contributed by atoms with van der Waals surface area (Å²) >= 11 is 0. The molecule has 0 aliphatic carbocycles. The Balaban J connectivity index is 1.33. The number of hydrogen-bond acceptors (Lipinski definition) is 7. The van der Waals surface area contributed by atoms with E-state index < -0.39 is 6.17 Å². The molecular formula is C22H24FN5O3. The quantitative estimate of drug-likeness (QED) is 0.635. The molecule has 3 aromatic heterocycles. The molecule has 0 radical (unpaired) electrons. The van der Waals surface area contributed by atoms with Crippen molar-refractivity contribution < 1.29 is 13.7 Å². The first kappa shape index (κ1) is 19.9. The van der Waals surface area contributed by atoms with Gasteiger partial charge in [-0.15, -0.1) is 0 Å². The molecule has 0 amide bonds. The number of hydrogen-bond donors (Lipinski definition) is 0. The second kappa shape index (κ2) is 7.56. The van der Waals surface area contributed by atoms with Crippen LogP contribution in [-0.4, -0.2) is 51.4 Å². The molecule has 0 N–H and O–H groups in total. The molecule has 2 fully saturated rings. The predicted octanol–water partition coefficient (Wildman–Crippen LogP) is 2.67. The first-order valence-electron chi connectivity index (χ1n) is 10.4. The van der Waals surface area contributed by atoms with Gasteiger partial charge in [-0.3, -0.25) is 9.78 Å². The van der Waals surface area contributed by atoms with Gasteiger partial charge in [-0.1, -0.05) is 5.16 Å². The lowest BCUT2D eigenvalue weighted by Crippen LogP contribution is -2.65. The fraction of sp³-hybridized carbons (Fsp3) is 0.455. The normalized spacial score (nSPS) is 20.1. The van der Waals surface area contributed by atoms with Crippen LogP contribution >= 0.6 is 0 Å². The Labute approximate surface area is 178 Å². The largest absolute Gasteiger partial charge is 0.368 e. The number of nitrogens with zero attached hydrogens (tertiary/aromatic N) is 5. The van der Waals surface area contributed by atoms with Gasteiger partial charge in [-0.05, 0) is 38.8 Å². The molecule has 0 saturated carbocycles. The Hall–Kier alpha value is -3.07. The number of aromatic nitrogens is 4. The van der Waals surface area contributed by atoms with Gasteiger partial charge in [0.15, 0.2) is 0 Å². The van der Waals surface area contributed by atoms with Crippen molar-refractivity contribution in [3.8, 4) is 11.3 Å². The van der Waals surface area contributed by atoms with E-state index in [4.69, 9.17) is 9.26 Å². The van der Waals surface area contributed by atoms with E-state index in [1.165, 1.54) is 4.68 Å². The van der Waals surface area contributed by atoms with Gasteiger partial charge in [0.2, 0.25) is 0 Å². The molecule has 8 nitrogen and oxygen atoms in total. The summed E-state index contributed by atoms with van der Waals surface area (Å²) in [6, 6.07) is 5.42. The van der Waals surface area contributed by atoms with Crippen LogP contribution in [0.15, 0.2) is 39.9 Å². The van der Waals surface area contributed by atoms with Crippen LogP contribution in [0.3, 0.4) is 0 Å². The summed E-state index contributed by atoms with van der Waals surface area (Å²) in [4.78, 5) is 19.1. The third kappa shape index (κ3) is 3.74. The smallest absolute Gasteiger partial charge is 0.269 e. The maximum Gasteiger partial charge on any atom is 0.269 e. The Kier molecular flexibility index (Phi) is 4.85. The zero-order valence-corrected chi connectivity index (χ0v) is 17.5. The molecule has 1 atom stereocenters. The highest BCUT2D eigenvalue weighted by molar-refractivity contribution is 5.62. The maximum atomic E-state index is 13.3. The van der Waals surface area contributed by atoms with Gasteiger partial charge in [0.05, 0.1) is 25.0 Å². The lowest BCUT2D eigenvalue weighted by molar-refractivity contribution is -0.120. The molecule has 0 bridgehead atoms. The second-order valence-electron chi connectivity index (χ2n) is 8.45. The lowest BCUT2D eigenvalue weighted by Gasteiger charge is -2.52. The molecule has 2 saturated heterocycles. The highest BCUT2D eigenvalue weighted by Crippen LogP contribution is 2.37. The van der Waals surface area contributed by atoms with Crippen molar-refractivity contribution in [3.63, 3.8) is 0 Å². The maximum absolute atomic E-state index is 13.3. The molecule has 2 aliphatic rings. The monoisotopic (exact) mass is 425 g/mol. The predicted molar refractivity (Wildman–Crippen MR) is 112 cm³/mol. The van der Waals surface area contributed by atoms with Crippen molar-refractivity contribution >= 4 is 5.69 Å². The molecule has 3 aromatic rings. The third-order valence-corrected chi connectivity index (χ3v) is 6.14. The van der Waals surface area contributed by atoms with Crippen molar-refractivity contribution in [2.24, 2.45) is 0 Å². The molecule has 1 spiro atoms. The molecule has 0 unspecified atom stereocenters. The van der Waals surface area contributed by atoms with Crippen LogP contribution in [0.4, 0.5) is 10.1 Å². The van der Waals surface area contributed by atoms with Crippen LogP contribution in [0.1, 0.15) is 29.9 Å². The van der Waals surface area contributed by atoms with Crippen LogP contribution in [0.5, 0.6) is 0 Å². The van der Waals surface area contributed by atoms with E-state index in [0.29, 0.717) is 37.4 Å². The molecule has 162 valence electrons. The van der Waals surface area contributed by atoms with E-state index in [1.807, 2.05) is 30.9 Å². The molecule has 31 heavy (non-hydrogen) atoms. The summed E-state index contributed by atoms with van der Waals surface area (Å²) < 4.78 is 25.8. The van der Waals surface area contributed by atoms with E-state index in [0.717, 1.165) is 22.5 Å². The number of ether oxygens (including phenoxy) is 1. The van der Waals surface area contributed by atoms with E-state index in [9.17, 15) is 9.18 Å². The Morgan fingerprint density at radius 2 is 2.10 bits per heavy atom. The van der Waals surface area contributed by atoms with Crippen LogP contribution in [0.2, 0.25) is 0 Å². The van der Waals surface area contributed by atoms with Crippen molar-refractivity contribution in [2.45, 2.75) is 45.0 Å². The standard InChI is InChI=1S/C22H24FN5O3/c1-14-3-4-16(8-24-14)21-19(15(2)31-26-21)10-28-20(29)7-18(9-25-28)27-12-22(13-27)6-5-17(23)11-30-22/h3-4,7-9,17H,5-6,10-13H2,1-2H3/t17-/m0/s1. The summed E-state index contributed by atoms with van der Waals surface area (Å²) in [5.41, 5.74) is 3.46. The Morgan fingerprint density at radius 1 is 1.26 bits per heavy atom. The summed E-state index contributed by atoms with van der Waals surface area (Å²) in [5.74, 6) is 0.638. The molecule has 9 heteroatoms. The number of aryl methyl sites for hydroxylation is 2. The summed E-state index contributed by atoms with van der Waals surface area (Å²) in [5, 5.41) is 8.52. The number of halogens is 1. The highest BCUT2D eigenvalue weighted by atomic mass is 19.1. The van der Waals surface area contributed by atoms with Gasteiger partial charge in [0, 0.05) is 42.2 Å². The molecule has 0 aromatic carbocycles. The van der Waals surface area contributed by atoms with E-state index >= 15 is 0 Å². The molecule has 2 aliphatic heterocycles. The molecule has 5 heterocycles. The van der Waals surface area contributed by atoms with Gasteiger partial charge in [-0.2, -0.15) is 5.10 Å². The van der Waals surface area contributed by atoms with Gasteiger partial charge in [0.25, 0.3) is 5.56 Å². The molecular weight excluding hydrogens is 401 g/mol. The fourth-order valence-electron chi connectivity index (χ4n) is 4.20. The van der Waals surface area contributed by atoms with Gasteiger partial charge in [0.1, 0.15) is 23.2 Å². The van der Waals surface area contributed by atoms with Crippen molar-refractivity contribution in [1.29, 1.82) is 0 Å². The van der Waals surface area contributed by atoms with Crippen molar-refractivity contribution in [3.05, 3.63) is 58.0 Å². The van der Waals surface area contributed by atoms with Gasteiger partial charge >= 0.3 is 0 Å². The minimum Gasteiger partial charge on any atom is -0.368 e. The molecule has 5 rings (SSSR count). The minimum atomic E-state index is -0.869. The average Bonchev–Trinajstić information content (AvgIpc) is 3.09. The average molecular weight is 425 g/mol. The Morgan fingerprint density at radius 3 is 2.77 bits per heavy atom. The van der Waals surface area contributed by atoms with Crippen LogP contribution in [0, 0.1) is 13.8 Å². The zero-order chi connectivity index (χ0) is 21.6. The number of rotatable bonds is 4. The SMILES string of the molecule is Cc1ccc(-c2noc(C)c2Cn2ncc(N3CC4(CC[C@H](F)CO4)C3)cc2=O)cn1. The van der Waals surface area contributed by atoms with E-state index in [2.05, 4.69) is 15.2 Å². The number of pyridine rings is 1. The second-order valence-corrected chi connectivity index (χ2v) is 8.45. The van der Waals surface area contributed by atoms with Crippen molar-refractivity contribution in [1.82, 2.24) is 19.9 Å². The minimum absolute atomic E-state index is 0.157. The summed E-state index contributed by atoms with van der Waals surface area (Å²) in [7, 11) is 0. The third-order valence-electron chi connectivity index (χ3n) is 6.14. The first-order chi connectivity index (χ1) is 14.9. The van der Waals surface area contributed by atoms with Crippen molar-refractivity contribution in [2.75, 3.05) is 24.6 Å². The van der Waals surface area contributed by atoms with Crippen LogP contribution in [0.25, 0.3) is 11.3 Å². The topological polar surface area (TPSA) is 86.3 Å². The Bertz CT molecular complexity index is 1140. The zero-order valence-electron chi connectivity index (χ0n) is 17.5. The van der Waals surface area contributed by atoms with Crippen LogP contribution < -0.4 is 10.5 Å². The van der Waals surface area contributed by atoms with Gasteiger partial charge < -0.3 is 14.2 Å². The summed E-state index contributed by atoms with van der Waals surface area (Å²) in [6.07, 6.45) is 3.80. The van der Waals surface area contributed by atoms with E-state index in [-0.39, 0.29) is 24.3 Å². The highest BCUT2D eigenvalue weighted by Gasteiger charge is 2.47. The van der Waals surface area contributed by atoms with Gasteiger partial charge in [-0.25, -0.2) is 9.07 Å². The first-order valence-corrected chi connectivity index (χ1v) is 10.4. The summed E-state index contributed by atoms with van der Waals surface area (Å²) in [6.45, 7) is 5.45. The van der Waals surface area contributed by atoms with E-state index in [1.54, 1.807) is 18.5 Å². The van der Waals surface area contributed by atoms with Crippen LogP contribution in [-0.2, 0) is 11.3 Å².